The Morgan fingerprint density at radius 3 is 2.88 bits per heavy atom. The lowest BCUT2D eigenvalue weighted by atomic mass is 10.2. The molecule has 17 heavy (non-hydrogen) atoms. The van der Waals surface area contributed by atoms with Gasteiger partial charge in [-0.25, -0.2) is 14.6 Å². The summed E-state index contributed by atoms with van der Waals surface area (Å²) in [5, 5.41) is 11.3. The second-order valence-electron chi connectivity index (χ2n) is 3.21. The number of carboxylic acids is 1. The minimum atomic E-state index is -1.08. The van der Waals surface area contributed by atoms with Crippen LogP contribution < -0.4 is 5.32 Å². The maximum Gasteiger partial charge on any atom is 0.413 e. The van der Waals surface area contributed by atoms with E-state index in [9.17, 15) is 9.59 Å². The lowest BCUT2D eigenvalue weighted by molar-refractivity contribution is 0.0699. The predicted octanol–water partition coefficient (Wildman–Crippen LogP) is 1.44. The summed E-state index contributed by atoms with van der Waals surface area (Å²) in [5.74, 6) is -0.938. The van der Waals surface area contributed by atoms with Gasteiger partial charge in [0.05, 0.1) is 18.2 Å². The minimum Gasteiger partial charge on any atom is -0.478 e. The number of H-pyrrole nitrogens is 1. The van der Waals surface area contributed by atoms with Gasteiger partial charge in [-0.15, -0.1) is 0 Å². The largest absolute Gasteiger partial charge is 0.478 e. The van der Waals surface area contributed by atoms with Crippen molar-refractivity contribution >= 4 is 29.0 Å². The highest BCUT2D eigenvalue weighted by Gasteiger charge is 2.13. The molecule has 7 heteroatoms. The van der Waals surface area contributed by atoms with Gasteiger partial charge in [-0.1, -0.05) is 6.07 Å². The molecule has 0 atom stereocenters. The number of carbonyl (C=O) groups excluding carboxylic acids is 1. The highest BCUT2D eigenvalue weighted by atomic mass is 16.5. The van der Waals surface area contributed by atoms with Gasteiger partial charge in [0.2, 0.25) is 5.95 Å². The number of imidazole rings is 1. The van der Waals surface area contributed by atoms with Gasteiger partial charge < -0.3 is 14.8 Å². The Kier molecular flexibility index (Phi) is 2.65. The van der Waals surface area contributed by atoms with Crippen LogP contribution in [0.2, 0.25) is 0 Å². The van der Waals surface area contributed by atoms with Crippen molar-refractivity contribution in [2.45, 2.75) is 0 Å². The number of carbonyl (C=O) groups is 2. The molecular weight excluding hydrogens is 226 g/mol. The first-order chi connectivity index (χ1) is 8.11. The van der Waals surface area contributed by atoms with Crippen molar-refractivity contribution in [1.82, 2.24) is 9.97 Å². The molecular formula is C10H9N3O4. The van der Waals surface area contributed by atoms with Gasteiger partial charge in [-0.2, -0.15) is 0 Å². The first-order valence-corrected chi connectivity index (χ1v) is 4.69. The summed E-state index contributed by atoms with van der Waals surface area (Å²) < 4.78 is 4.40. The zero-order chi connectivity index (χ0) is 12.4. The lowest BCUT2D eigenvalue weighted by Gasteiger charge is -1.97. The van der Waals surface area contributed by atoms with Gasteiger partial charge in [-0.3, -0.25) is 5.32 Å². The number of hydrogen-bond acceptors (Lipinski definition) is 4. The van der Waals surface area contributed by atoms with Crippen molar-refractivity contribution in [3.05, 3.63) is 23.8 Å². The number of aromatic carboxylic acids is 1. The van der Waals surface area contributed by atoms with E-state index in [1.165, 1.54) is 13.2 Å². The molecule has 3 N–H and O–H groups in total. The van der Waals surface area contributed by atoms with Crippen molar-refractivity contribution in [2.75, 3.05) is 12.4 Å². The molecule has 0 unspecified atom stereocenters. The number of aromatic nitrogens is 2. The van der Waals surface area contributed by atoms with Crippen LogP contribution in [0.4, 0.5) is 10.7 Å². The van der Waals surface area contributed by atoms with E-state index in [0.29, 0.717) is 5.52 Å². The fourth-order valence-electron chi connectivity index (χ4n) is 1.41. The monoisotopic (exact) mass is 235 g/mol. The summed E-state index contributed by atoms with van der Waals surface area (Å²) in [6.07, 6.45) is -0.680. The highest BCUT2D eigenvalue weighted by molar-refractivity contribution is 6.01. The van der Waals surface area contributed by atoms with Crippen LogP contribution in [0, 0.1) is 0 Å². The van der Waals surface area contributed by atoms with Gasteiger partial charge in [0.25, 0.3) is 0 Å². The third-order valence-corrected chi connectivity index (χ3v) is 2.15. The first-order valence-electron chi connectivity index (χ1n) is 4.69. The molecule has 88 valence electrons. The van der Waals surface area contributed by atoms with Crippen molar-refractivity contribution in [2.24, 2.45) is 0 Å². The molecule has 1 aromatic carbocycles. The number of para-hydroxylation sites is 1. The van der Waals surface area contributed by atoms with E-state index in [1.54, 1.807) is 12.1 Å². The summed E-state index contributed by atoms with van der Waals surface area (Å²) in [4.78, 5) is 28.6. The number of aromatic amines is 1. The summed E-state index contributed by atoms with van der Waals surface area (Å²) in [5.41, 5.74) is 0.874. The van der Waals surface area contributed by atoms with E-state index < -0.39 is 12.1 Å². The number of hydrogen-bond donors (Lipinski definition) is 3. The molecule has 0 aliphatic heterocycles. The fraction of sp³-hybridized carbons (Fsp3) is 0.100. The van der Waals surface area contributed by atoms with Gasteiger partial charge in [-0.05, 0) is 12.1 Å². The standard InChI is InChI=1S/C10H9N3O4/c1-17-10(16)13-9-11-6-4-2-3-5(8(14)15)7(6)12-9/h2-4H,1H3,(H,14,15)(H2,11,12,13,16). The molecule has 2 rings (SSSR count). The number of nitrogens with one attached hydrogen (secondary N) is 2. The number of fused-ring (bicyclic) bond motifs is 1. The van der Waals surface area contributed by atoms with Crippen molar-refractivity contribution in [3.63, 3.8) is 0 Å². The van der Waals surface area contributed by atoms with Crippen LogP contribution in [0.15, 0.2) is 18.2 Å². The summed E-state index contributed by atoms with van der Waals surface area (Å²) in [7, 11) is 1.22. The normalized spacial score (nSPS) is 10.2. The Morgan fingerprint density at radius 1 is 1.47 bits per heavy atom. The van der Waals surface area contributed by atoms with E-state index in [2.05, 4.69) is 20.0 Å². The van der Waals surface area contributed by atoms with Crippen LogP contribution >= 0.6 is 0 Å². The van der Waals surface area contributed by atoms with Crippen LogP contribution in [0.5, 0.6) is 0 Å². The topological polar surface area (TPSA) is 104 Å². The van der Waals surface area contributed by atoms with E-state index >= 15 is 0 Å². The van der Waals surface area contributed by atoms with E-state index in [-0.39, 0.29) is 17.0 Å². The van der Waals surface area contributed by atoms with Crippen LogP contribution in [-0.2, 0) is 4.74 Å². The Bertz CT molecular complexity index is 590. The molecule has 7 nitrogen and oxygen atoms in total. The molecule has 1 amide bonds. The number of amides is 1. The minimum absolute atomic E-state index is 0.0664. The molecule has 0 saturated carbocycles. The smallest absolute Gasteiger partial charge is 0.413 e. The molecule has 0 bridgehead atoms. The molecule has 0 aliphatic carbocycles. The molecule has 0 radical (unpaired) electrons. The Balaban J connectivity index is 2.46. The maximum absolute atomic E-state index is 11.0. The quantitative estimate of drug-likeness (QED) is 0.730. The third kappa shape index (κ3) is 2.03. The summed E-state index contributed by atoms with van der Waals surface area (Å²) >= 11 is 0. The number of anilines is 1. The molecule has 0 fully saturated rings. The zero-order valence-corrected chi connectivity index (χ0v) is 8.85. The van der Waals surface area contributed by atoms with Gasteiger partial charge >= 0.3 is 12.1 Å². The third-order valence-electron chi connectivity index (χ3n) is 2.15. The fourth-order valence-corrected chi connectivity index (χ4v) is 1.41. The number of ether oxygens (including phenoxy) is 1. The van der Waals surface area contributed by atoms with Gasteiger partial charge in [0, 0.05) is 0 Å². The maximum atomic E-state index is 11.0. The van der Waals surface area contributed by atoms with E-state index in [1.807, 2.05) is 0 Å². The number of rotatable bonds is 2. The molecule has 2 aromatic rings. The average Bonchev–Trinajstić information content (AvgIpc) is 2.70. The number of nitrogens with zero attached hydrogens (tertiary/aromatic N) is 1. The first kappa shape index (κ1) is 10.9. The van der Waals surface area contributed by atoms with Crippen molar-refractivity contribution in [3.8, 4) is 0 Å². The summed E-state index contributed by atoms with van der Waals surface area (Å²) in [6.45, 7) is 0. The Labute approximate surface area is 95.4 Å². The second-order valence-corrected chi connectivity index (χ2v) is 3.21. The van der Waals surface area contributed by atoms with E-state index in [0.717, 1.165) is 0 Å². The average molecular weight is 235 g/mol. The van der Waals surface area contributed by atoms with E-state index in [4.69, 9.17) is 5.11 Å². The molecule has 0 saturated heterocycles. The molecule has 1 heterocycles. The molecule has 0 spiro atoms. The molecule has 0 aliphatic rings. The number of benzene rings is 1. The zero-order valence-electron chi connectivity index (χ0n) is 8.85. The van der Waals surface area contributed by atoms with Crippen molar-refractivity contribution < 1.29 is 19.4 Å². The lowest BCUT2D eigenvalue weighted by Crippen LogP contribution is -2.11. The van der Waals surface area contributed by atoms with Crippen LogP contribution in [0.3, 0.4) is 0 Å². The highest BCUT2D eigenvalue weighted by Crippen LogP contribution is 2.18. The van der Waals surface area contributed by atoms with Gasteiger partial charge in [0.15, 0.2) is 0 Å². The Hall–Kier alpha value is -2.57. The number of carboxylic acid groups (broad SMARTS) is 1. The second kappa shape index (κ2) is 4.12. The van der Waals surface area contributed by atoms with Crippen molar-refractivity contribution in [1.29, 1.82) is 0 Å². The van der Waals surface area contributed by atoms with Crippen LogP contribution in [0.25, 0.3) is 11.0 Å². The SMILES string of the molecule is COC(=O)Nc1nc2c(C(=O)O)cccc2[nH]1. The Morgan fingerprint density at radius 2 is 2.24 bits per heavy atom. The van der Waals surface area contributed by atoms with Gasteiger partial charge in [0.1, 0.15) is 5.52 Å². The predicted molar refractivity (Wildman–Crippen MR) is 59.1 cm³/mol. The molecule has 1 aromatic heterocycles. The number of methoxy groups -OCH3 is 1. The van der Waals surface area contributed by atoms with Crippen LogP contribution in [-0.4, -0.2) is 34.2 Å². The van der Waals surface area contributed by atoms with Crippen LogP contribution in [0.1, 0.15) is 10.4 Å². The summed E-state index contributed by atoms with van der Waals surface area (Å²) in [6, 6.07) is 4.69.